The van der Waals surface area contributed by atoms with E-state index in [1.54, 1.807) is 13.0 Å². The fraction of sp³-hybridized carbons (Fsp3) is 0.0588. The first kappa shape index (κ1) is 15.1. The molecule has 3 N–H and O–H groups in total. The van der Waals surface area contributed by atoms with Crippen molar-refractivity contribution in [3.8, 4) is 22.8 Å². The van der Waals surface area contributed by atoms with Gasteiger partial charge < -0.3 is 10.2 Å². The zero-order chi connectivity index (χ0) is 16.2. The number of aromatic nitrogens is 1. The lowest BCUT2D eigenvalue weighted by atomic mass is 10.1. The van der Waals surface area contributed by atoms with Gasteiger partial charge in [0.05, 0.1) is 11.4 Å². The molecule has 1 aromatic heterocycles. The zero-order valence-corrected chi connectivity index (χ0v) is 13.2. The van der Waals surface area contributed by atoms with E-state index in [0.29, 0.717) is 16.4 Å². The summed E-state index contributed by atoms with van der Waals surface area (Å²) in [5, 5.41) is 26.0. The average Bonchev–Trinajstić information content (AvgIpc) is 3.02. The Morgan fingerprint density at radius 3 is 2.65 bits per heavy atom. The molecule has 0 amide bonds. The Kier molecular flexibility index (Phi) is 4.25. The van der Waals surface area contributed by atoms with Crippen molar-refractivity contribution in [3.05, 3.63) is 59.5 Å². The van der Waals surface area contributed by atoms with Gasteiger partial charge in [-0.25, -0.2) is 4.98 Å². The number of thiazole rings is 1. The Hall–Kier alpha value is -2.86. The molecule has 0 radical (unpaired) electrons. The van der Waals surface area contributed by atoms with Crippen LogP contribution in [0.1, 0.15) is 12.5 Å². The van der Waals surface area contributed by atoms with Crippen molar-refractivity contribution in [3.63, 3.8) is 0 Å². The number of hydrogen-bond acceptors (Lipinski definition) is 6. The van der Waals surface area contributed by atoms with E-state index in [4.69, 9.17) is 0 Å². The Balaban J connectivity index is 1.76. The molecule has 0 spiro atoms. The van der Waals surface area contributed by atoms with Crippen molar-refractivity contribution in [1.29, 1.82) is 0 Å². The minimum Gasteiger partial charge on any atom is -0.508 e. The largest absolute Gasteiger partial charge is 0.508 e. The SMILES string of the molecule is C/C(=N\Nc1nc(-c2ccccc2)cs1)c1ccc(O)cc1O. The van der Waals surface area contributed by atoms with E-state index >= 15 is 0 Å². The predicted molar refractivity (Wildman–Crippen MR) is 93.2 cm³/mol. The Morgan fingerprint density at radius 1 is 1.13 bits per heavy atom. The number of hydrazone groups is 1. The summed E-state index contributed by atoms with van der Waals surface area (Å²) in [4.78, 5) is 4.48. The standard InChI is InChI=1S/C17H15N3O2S/c1-11(14-8-7-13(21)9-16(14)22)19-20-17-18-15(10-23-17)12-5-3-2-4-6-12/h2-10,21-22H,1H3,(H,18,20)/b19-11+. The molecule has 3 rings (SSSR count). The van der Waals surface area contributed by atoms with Crippen LogP contribution in [0.4, 0.5) is 5.13 Å². The molecule has 1 heterocycles. The lowest BCUT2D eigenvalue weighted by Crippen LogP contribution is -2.00. The Labute approximate surface area is 137 Å². The molecule has 0 fully saturated rings. The number of benzene rings is 2. The number of hydrogen-bond donors (Lipinski definition) is 3. The average molecular weight is 325 g/mol. The van der Waals surface area contributed by atoms with Gasteiger partial charge in [0.15, 0.2) is 0 Å². The maximum atomic E-state index is 9.83. The number of nitrogens with one attached hydrogen (secondary N) is 1. The molecule has 0 aliphatic rings. The van der Waals surface area contributed by atoms with E-state index < -0.39 is 0 Å². The third-order valence-electron chi connectivity index (χ3n) is 3.26. The molecule has 0 aliphatic carbocycles. The second-order valence-electron chi connectivity index (χ2n) is 4.91. The van der Waals surface area contributed by atoms with Crippen molar-refractivity contribution in [2.24, 2.45) is 5.10 Å². The van der Waals surface area contributed by atoms with Gasteiger partial charge in [-0.2, -0.15) is 5.10 Å². The van der Waals surface area contributed by atoms with Gasteiger partial charge in [0.1, 0.15) is 11.5 Å². The van der Waals surface area contributed by atoms with E-state index in [9.17, 15) is 10.2 Å². The van der Waals surface area contributed by atoms with Crippen LogP contribution in [-0.2, 0) is 0 Å². The van der Waals surface area contributed by atoms with Gasteiger partial charge in [-0.05, 0) is 19.1 Å². The highest BCUT2D eigenvalue weighted by Gasteiger charge is 2.07. The molecular formula is C17H15N3O2S. The fourth-order valence-corrected chi connectivity index (χ4v) is 2.75. The maximum Gasteiger partial charge on any atom is 0.203 e. The molecule has 2 aromatic carbocycles. The molecule has 0 aliphatic heterocycles. The highest BCUT2D eigenvalue weighted by molar-refractivity contribution is 7.14. The molecule has 0 bridgehead atoms. The number of nitrogens with zero attached hydrogens (tertiary/aromatic N) is 2. The summed E-state index contributed by atoms with van der Waals surface area (Å²) in [6, 6.07) is 14.3. The van der Waals surface area contributed by atoms with E-state index in [0.717, 1.165) is 11.3 Å². The second-order valence-corrected chi connectivity index (χ2v) is 5.77. The number of phenols is 2. The molecule has 0 saturated carbocycles. The van der Waals surface area contributed by atoms with Crippen molar-refractivity contribution in [2.45, 2.75) is 6.92 Å². The minimum absolute atomic E-state index is 0.0134. The van der Waals surface area contributed by atoms with E-state index in [-0.39, 0.29) is 11.5 Å². The Bertz CT molecular complexity index is 844. The fourth-order valence-electron chi connectivity index (χ4n) is 2.08. The molecule has 3 aromatic rings. The third kappa shape index (κ3) is 3.49. The summed E-state index contributed by atoms with van der Waals surface area (Å²) >= 11 is 1.46. The molecule has 5 nitrogen and oxygen atoms in total. The van der Waals surface area contributed by atoms with E-state index in [1.165, 1.54) is 23.5 Å². The summed E-state index contributed by atoms with van der Waals surface area (Å²) < 4.78 is 0. The smallest absolute Gasteiger partial charge is 0.203 e. The van der Waals surface area contributed by atoms with Gasteiger partial charge in [-0.15, -0.1) is 11.3 Å². The number of anilines is 1. The maximum absolute atomic E-state index is 9.83. The van der Waals surface area contributed by atoms with Gasteiger partial charge in [0, 0.05) is 22.6 Å². The second kappa shape index (κ2) is 6.50. The predicted octanol–water partition coefficient (Wildman–Crippen LogP) is 4.06. The van der Waals surface area contributed by atoms with Crippen molar-refractivity contribution >= 4 is 22.2 Å². The van der Waals surface area contributed by atoms with Gasteiger partial charge in [0.2, 0.25) is 5.13 Å². The van der Waals surface area contributed by atoms with E-state index in [2.05, 4.69) is 15.5 Å². The first-order valence-corrected chi connectivity index (χ1v) is 7.85. The minimum atomic E-state index is -0.0165. The van der Waals surface area contributed by atoms with Crippen LogP contribution in [0.5, 0.6) is 11.5 Å². The lowest BCUT2D eigenvalue weighted by molar-refractivity contribution is 0.450. The van der Waals surface area contributed by atoms with Crippen LogP contribution in [0.2, 0.25) is 0 Å². The third-order valence-corrected chi connectivity index (χ3v) is 4.01. The Morgan fingerprint density at radius 2 is 1.91 bits per heavy atom. The highest BCUT2D eigenvalue weighted by atomic mass is 32.1. The van der Waals surface area contributed by atoms with E-state index in [1.807, 2.05) is 35.7 Å². The van der Waals surface area contributed by atoms with Crippen LogP contribution in [0, 0.1) is 0 Å². The van der Waals surface area contributed by atoms with Crippen molar-refractivity contribution < 1.29 is 10.2 Å². The first-order chi connectivity index (χ1) is 11.1. The normalized spacial score (nSPS) is 11.4. The summed E-state index contributed by atoms with van der Waals surface area (Å²) in [5.41, 5.74) is 5.98. The van der Waals surface area contributed by atoms with Gasteiger partial charge >= 0.3 is 0 Å². The molecule has 0 atom stereocenters. The number of aromatic hydroxyl groups is 2. The topological polar surface area (TPSA) is 77.7 Å². The van der Waals surface area contributed by atoms with Crippen LogP contribution in [0.25, 0.3) is 11.3 Å². The van der Waals surface area contributed by atoms with Crippen molar-refractivity contribution in [1.82, 2.24) is 4.98 Å². The molecule has 116 valence electrons. The molecule has 6 heteroatoms. The van der Waals surface area contributed by atoms with Crippen LogP contribution in [0.3, 0.4) is 0 Å². The quantitative estimate of drug-likeness (QED) is 0.499. The molecule has 0 unspecified atom stereocenters. The number of rotatable bonds is 4. The number of phenolic OH excluding ortho intramolecular Hbond substituents is 2. The summed E-state index contributed by atoms with van der Waals surface area (Å²) in [5.74, 6) is -0.00315. The first-order valence-electron chi connectivity index (χ1n) is 6.97. The zero-order valence-electron chi connectivity index (χ0n) is 12.4. The van der Waals surface area contributed by atoms with Gasteiger partial charge in [-0.3, -0.25) is 5.43 Å². The van der Waals surface area contributed by atoms with Crippen LogP contribution in [0.15, 0.2) is 59.0 Å². The lowest BCUT2D eigenvalue weighted by Gasteiger charge is -2.04. The summed E-state index contributed by atoms with van der Waals surface area (Å²) in [7, 11) is 0. The molecule has 0 saturated heterocycles. The van der Waals surface area contributed by atoms with Gasteiger partial charge in [0.25, 0.3) is 0 Å². The molecular weight excluding hydrogens is 310 g/mol. The van der Waals surface area contributed by atoms with Crippen LogP contribution >= 0.6 is 11.3 Å². The van der Waals surface area contributed by atoms with Gasteiger partial charge in [-0.1, -0.05) is 30.3 Å². The van der Waals surface area contributed by atoms with Crippen LogP contribution in [-0.4, -0.2) is 20.9 Å². The summed E-state index contributed by atoms with van der Waals surface area (Å²) in [6.07, 6.45) is 0. The van der Waals surface area contributed by atoms with Crippen molar-refractivity contribution in [2.75, 3.05) is 5.43 Å². The molecule has 23 heavy (non-hydrogen) atoms. The summed E-state index contributed by atoms with van der Waals surface area (Å²) in [6.45, 7) is 1.77. The monoisotopic (exact) mass is 325 g/mol. The van der Waals surface area contributed by atoms with Crippen LogP contribution < -0.4 is 5.43 Å². The highest BCUT2D eigenvalue weighted by Crippen LogP contribution is 2.26.